The molecule has 1 aromatic carbocycles. The Balaban J connectivity index is 2.22. The highest BCUT2D eigenvalue weighted by Gasteiger charge is 2.18. The molecular formula is C13H17N3O2. The Kier molecular flexibility index (Phi) is 2.63. The van der Waals surface area contributed by atoms with Gasteiger partial charge in [0, 0.05) is 24.7 Å². The minimum absolute atomic E-state index is 0.220. The summed E-state index contributed by atoms with van der Waals surface area (Å²) in [5.41, 5.74) is 7.73. The van der Waals surface area contributed by atoms with Gasteiger partial charge in [-0.2, -0.15) is 0 Å². The quantitative estimate of drug-likeness (QED) is 0.876. The predicted octanol–water partition coefficient (Wildman–Crippen LogP) is 1.64. The molecule has 1 aliphatic rings. The number of hydrogen-bond donors (Lipinski definition) is 1. The largest absolute Gasteiger partial charge is 0.486 e. The van der Waals surface area contributed by atoms with Crippen molar-refractivity contribution in [3.8, 4) is 11.5 Å². The van der Waals surface area contributed by atoms with Gasteiger partial charge in [0.2, 0.25) is 0 Å². The van der Waals surface area contributed by atoms with Crippen LogP contribution in [0, 0.1) is 6.92 Å². The number of aromatic nitrogens is 2. The summed E-state index contributed by atoms with van der Waals surface area (Å²) in [6, 6.07) is 4.16. The minimum atomic E-state index is 0.220. The number of aryl methyl sites for hydroxylation is 1. The molecule has 0 amide bonds. The first-order valence-electron chi connectivity index (χ1n) is 6.19. The molecule has 0 saturated heterocycles. The molecule has 3 rings (SSSR count). The lowest BCUT2D eigenvalue weighted by molar-refractivity contribution is 0.172. The summed E-state index contributed by atoms with van der Waals surface area (Å²) >= 11 is 0. The van der Waals surface area contributed by atoms with Crippen molar-refractivity contribution in [2.24, 2.45) is 5.73 Å². The fourth-order valence-corrected chi connectivity index (χ4v) is 2.41. The van der Waals surface area contributed by atoms with Crippen LogP contribution in [-0.2, 0) is 0 Å². The van der Waals surface area contributed by atoms with Crippen LogP contribution in [0.2, 0.25) is 0 Å². The van der Waals surface area contributed by atoms with Crippen LogP contribution in [0.4, 0.5) is 0 Å². The molecule has 1 aromatic heterocycles. The van der Waals surface area contributed by atoms with Crippen LogP contribution in [-0.4, -0.2) is 29.3 Å². The third kappa shape index (κ3) is 1.62. The highest BCUT2D eigenvalue weighted by atomic mass is 16.6. The van der Waals surface area contributed by atoms with Crippen LogP contribution in [0.25, 0.3) is 11.0 Å². The van der Waals surface area contributed by atoms with Gasteiger partial charge in [0.15, 0.2) is 11.5 Å². The maximum absolute atomic E-state index is 5.76. The number of ether oxygens (including phenoxy) is 2. The number of nitrogens with zero attached hydrogens (tertiary/aromatic N) is 2. The van der Waals surface area contributed by atoms with E-state index >= 15 is 0 Å². The van der Waals surface area contributed by atoms with Gasteiger partial charge in [0.25, 0.3) is 0 Å². The zero-order valence-corrected chi connectivity index (χ0v) is 10.6. The maximum atomic E-state index is 5.76. The Morgan fingerprint density at radius 3 is 2.67 bits per heavy atom. The van der Waals surface area contributed by atoms with Crippen molar-refractivity contribution in [3.05, 3.63) is 18.0 Å². The first-order chi connectivity index (χ1) is 8.70. The topological polar surface area (TPSA) is 62.3 Å². The Morgan fingerprint density at radius 2 is 2.00 bits per heavy atom. The number of imidazole rings is 1. The molecule has 0 aliphatic carbocycles. The first-order valence-corrected chi connectivity index (χ1v) is 6.19. The lowest BCUT2D eigenvalue weighted by Gasteiger charge is -2.19. The third-order valence-corrected chi connectivity index (χ3v) is 3.31. The molecule has 0 radical (unpaired) electrons. The lowest BCUT2D eigenvalue weighted by Crippen LogP contribution is -2.17. The molecule has 5 nitrogen and oxygen atoms in total. The second kappa shape index (κ2) is 4.17. The SMILES string of the molecule is Cc1nc2cc3c(cc2n1C(C)CN)OCCO3. The van der Waals surface area contributed by atoms with E-state index in [0.717, 1.165) is 28.4 Å². The Labute approximate surface area is 106 Å². The van der Waals surface area contributed by atoms with Crippen LogP contribution in [0.15, 0.2) is 12.1 Å². The molecule has 0 fully saturated rings. The minimum Gasteiger partial charge on any atom is -0.486 e. The number of hydrogen-bond acceptors (Lipinski definition) is 4. The second-order valence-electron chi connectivity index (χ2n) is 4.60. The van der Waals surface area contributed by atoms with Gasteiger partial charge >= 0.3 is 0 Å². The van der Waals surface area contributed by atoms with Gasteiger partial charge in [-0.05, 0) is 13.8 Å². The molecule has 1 atom stereocenters. The molecule has 1 aliphatic heterocycles. The van der Waals surface area contributed by atoms with Crippen LogP contribution >= 0.6 is 0 Å². The summed E-state index contributed by atoms with van der Waals surface area (Å²) in [5, 5.41) is 0. The normalized spacial score (nSPS) is 15.9. The van der Waals surface area contributed by atoms with E-state index in [-0.39, 0.29) is 6.04 Å². The third-order valence-electron chi connectivity index (χ3n) is 3.31. The van der Waals surface area contributed by atoms with Crippen LogP contribution in [0.5, 0.6) is 11.5 Å². The van der Waals surface area contributed by atoms with E-state index in [1.54, 1.807) is 0 Å². The summed E-state index contributed by atoms with van der Waals surface area (Å²) < 4.78 is 13.3. The first kappa shape index (κ1) is 11.3. The maximum Gasteiger partial charge on any atom is 0.163 e. The summed E-state index contributed by atoms with van der Waals surface area (Å²) in [6.45, 7) is 5.86. The highest BCUT2D eigenvalue weighted by molar-refractivity contribution is 5.81. The number of rotatable bonds is 2. The number of nitrogens with two attached hydrogens (primary N) is 1. The highest BCUT2D eigenvalue weighted by Crippen LogP contribution is 2.35. The summed E-state index contributed by atoms with van der Waals surface area (Å²) in [4.78, 5) is 4.56. The van der Waals surface area contributed by atoms with Crippen molar-refractivity contribution in [2.45, 2.75) is 19.9 Å². The molecule has 18 heavy (non-hydrogen) atoms. The van der Waals surface area contributed by atoms with E-state index in [2.05, 4.69) is 16.5 Å². The molecule has 0 spiro atoms. The molecule has 2 heterocycles. The average molecular weight is 247 g/mol. The fourth-order valence-electron chi connectivity index (χ4n) is 2.41. The van der Waals surface area contributed by atoms with Gasteiger partial charge in [-0.15, -0.1) is 0 Å². The van der Waals surface area contributed by atoms with Crippen molar-refractivity contribution in [3.63, 3.8) is 0 Å². The Hall–Kier alpha value is -1.75. The number of fused-ring (bicyclic) bond motifs is 2. The summed E-state index contributed by atoms with van der Waals surface area (Å²) in [6.07, 6.45) is 0. The molecule has 96 valence electrons. The van der Waals surface area contributed by atoms with Crippen molar-refractivity contribution in [1.82, 2.24) is 9.55 Å². The molecule has 0 bridgehead atoms. The van der Waals surface area contributed by atoms with Gasteiger partial charge in [0.05, 0.1) is 11.0 Å². The van der Waals surface area contributed by atoms with Crippen molar-refractivity contribution in [1.29, 1.82) is 0 Å². The van der Waals surface area contributed by atoms with Crippen molar-refractivity contribution in [2.75, 3.05) is 19.8 Å². The van der Waals surface area contributed by atoms with E-state index in [0.29, 0.717) is 19.8 Å². The molecule has 2 N–H and O–H groups in total. The van der Waals surface area contributed by atoms with Gasteiger partial charge in [-0.1, -0.05) is 0 Å². The Morgan fingerprint density at radius 1 is 1.33 bits per heavy atom. The zero-order chi connectivity index (χ0) is 12.7. The summed E-state index contributed by atoms with van der Waals surface area (Å²) in [7, 11) is 0. The number of benzene rings is 1. The van der Waals surface area contributed by atoms with Crippen molar-refractivity contribution >= 4 is 11.0 Å². The molecular weight excluding hydrogens is 230 g/mol. The monoisotopic (exact) mass is 247 g/mol. The predicted molar refractivity (Wildman–Crippen MR) is 69.2 cm³/mol. The average Bonchev–Trinajstić information content (AvgIpc) is 2.70. The molecule has 0 saturated carbocycles. The van der Waals surface area contributed by atoms with E-state index in [9.17, 15) is 0 Å². The van der Waals surface area contributed by atoms with Crippen LogP contribution < -0.4 is 15.2 Å². The van der Waals surface area contributed by atoms with Gasteiger partial charge in [0.1, 0.15) is 19.0 Å². The summed E-state index contributed by atoms with van der Waals surface area (Å²) in [5.74, 6) is 2.53. The van der Waals surface area contributed by atoms with Crippen LogP contribution in [0.3, 0.4) is 0 Å². The molecule has 1 unspecified atom stereocenters. The lowest BCUT2D eigenvalue weighted by atomic mass is 10.2. The standard InChI is InChI=1S/C13H17N3O2/c1-8(7-14)16-9(2)15-10-5-12-13(6-11(10)16)18-4-3-17-12/h5-6,8H,3-4,7,14H2,1-2H3. The van der Waals surface area contributed by atoms with Gasteiger partial charge in [-0.3, -0.25) is 0 Å². The molecule has 5 heteroatoms. The smallest absolute Gasteiger partial charge is 0.163 e. The molecule has 2 aromatic rings. The van der Waals surface area contributed by atoms with E-state index in [1.165, 1.54) is 0 Å². The van der Waals surface area contributed by atoms with Gasteiger partial charge < -0.3 is 19.8 Å². The Bertz CT molecular complexity index is 591. The zero-order valence-electron chi connectivity index (χ0n) is 10.6. The van der Waals surface area contributed by atoms with E-state index in [1.807, 2.05) is 19.1 Å². The second-order valence-corrected chi connectivity index (χ2v) is 4.60. The van der Waals surface area contributed by atoms with E-state index in [4.69, 9.17) is 15.2 Å². The fraction of sp³-hybridized carbons (Fsp3) is 0.462. The van der Waals surface area contributed by atoms with Crippen molar-refractivity contribution < 1.29 is 9.47 Å². The van der Waals surface area contributed by atoms with E-state index < -0.39 is 0 Å². The van der Waals surface area contributed by atoms with Gasteiger partial charge in [-0.25, -0.2) is 4.98 Å². The van der Waals surface area contributed by atoms with Crippen LogP contribution in [0.1, 0.15) is 18.8 Å².